The second kappa shape index (κ2) is 6.58. The molecular weight excluding hydrogens is 290 g/mol. The number of sulfonamides is 1. The molecule has 1 aliphatic rings. The van der Waals surface area contributed by atoms with E-state index in [1.54, 1.807) is 19.1 Å². The Morgan fingerprint density at radius 1 is 1.48 bits per heavy atom. The van der Waals surface area contributed by atoms with E-state index in [0.717, 1.165) is 5.56 Å². The van der Waals surface area contributed by atoms with Gasteiger partial charge in [0.15, 0.2) is 0 Å². The van der Waals surface area contributed by atoms with Gasteiger partial charge in [-0.05, 0) is 44.0 Å². The number of aliphatic hydroxyl groups excluding tert-OH is 1. The molecule has 2 N–H and O–H groups in total. The third-order valence-electron chi connectivity index (χ3n) is 3.49. The van der Waals surface area contributed by atoms with Crippen molar-refractivity contribution in [3.63, 3.8) is 0 Å². The van der Waals surface area contributed by atoms with E-state index >= 15 is 0 Å². The van der Waals surface area contributed by atoms with E-state index in [0.29, 0.717) is 18.6 Å². The first kappa shape index (κ1) is 16.0. The Balaban J connectivity index is 2.22. The highest BCUT2D eigenvalue weighted by atomic mass is 32.2. The lowest BCUT2D eigenvalue weighted by Gasteiger charge is -2.16. The molecule has 1 fully saturated rings. The summed E-state index contributed by atoms with van der Waals surface area (Å²) < 4.78 is 32.8. The number of hydrogen-bond donors (Lipinski definition) is 2. The summed E-state index contributed by atoms with van der Waals surface area (Å²) in [6, 6.07) is 4.58. The monoisotopic (exact) mass is 309 g/mol. The zero-order valence-electron chi connectivity index (χ0n) is 12.1. The highest BCUT2D eigenvalue weighted by Gasteiger charge is 2.29. The predicted octanol–water partition coefficient (Wildman–Crippen LogP) is 0.795. The van der Waals surface area contributed by atoms with Crippen LogP contribution in [0.3, 0.4) is 0 Å². The SMILES string of the molecule is Cc1cc(S(=O)(=O)NC2CCOC2C)ccc1C#CCO. The molecule has 0 aromatic heterocycles. The van der Waals surface area contributed by atoms with Crippen LogP contribution in [0, 0.1) is 18.8 Å². The largest absolute Gasteiger partial charge is 0.384 e. The molecule has 2 atom stereocenters. The van der Waals surface area contributed by atoms with Gasteiger partial charge < -0.3 is 9.84 Å². The summed E-state index contributed by atoms with van der Waals surface area (Å²) in [5.74, 6) is 5.34. The van der Waals surface area contributed by atoms with Crippen LogP contribution in [0.1, 0.15) is 24.5 Å². The number of aliphatic hydroxyl groups is 1. The van der Waals surface area contributed by atoms with Crippen molar-refractivity contribution in [3.8, 4) is 11.8 Å². The lowest BCUT2D eigenvalue weighted by Crippen LogP contribution is -2.39. The van der Waals surface area contributed by atoms with Gasteiger partial charge in [0, 0.05) is 12.2 Å². The molecule has 1 heterocycles. The average molecular weight is 309 g/mol. The van der Waals surface area contributed by atoms with E-state index in [4.69, 9.17) is 9.84 Å². The molecule has 1 saturated heterocycles. The topological polar surface area (TPSA) is 75.6 Å². The van der Waals surface area contributed by atoms with Crippen LogP contribution in [0.15, 0.2) is 23.1 Å². The fraction of sp³-hybridized carbons (Fsp3) is 0.467. The summed E-state index contributed by atoms with van der Waals surface area (Å²) in [5, 5.41) is 8.70. The first-order valence-electron chi connectivity index (χ1n) is 6.78. The van der Waals surface area contributed by atoms with E-state index < -0.39 is 10.0 Å². The smallest absolute Gasteiger partial charge is 0.240 e. The quantitative estimate of drug-likeness (QED) is 0.810. The van der Waals surface area contributed by atoms with Gasteiger partial charge in [0.2, 0.25) is 10.0 Å². The molecule has 0 spiro atoms. The minimum Gasteiger partial charge on any atom is -0.384 e. The third kappa shape index (κ3) is 3.83. The minimum absolute atomic E-state index is 0.115. The summed E-state index contributed by atoms with van der Waals surface area (Å²) in [4.78, 5) is 0.216. The fourth-order valence-electron chi connectivity index (χ4n) is 2.23. The molecule has 0 bridgehead atoms. The van der Waals surface area contributed by atoms with Gasteiger partial charge in [-0.3, -0.25) is 0 Å². The molecular formula is C15H19NO4S. The molecule has 2 rings (SSSR count). The number of rotatable bonds is 3. The maximum Gasteiger partial charge on any atom is 0.240 e. The Kier molecular flexibility index (Phi) is 5.01. The standard InChI is InChI=1S/C15H19NO4S/c1-11-10-14(6-5-13(11)4-3-8-17)21(18,19)16-15-7-9-20-12(15)2/h5-6,10,12,15-17H,7-9H2,1-2H3. The fourth-order valence-corrected chi connectivity index (χ4v) is 3.66. The van der Waals surface area contributed by atoms with E-state index in [1.807, 2.05) is 6.92 Å². The molecule has 114 valence electrons. The number of ether oxygens (including phenoxy) is 1. The maximum atomic E-state index is 12.4. The first-order chi connectivity index (χ1) is 9.94. The summed E-state index contributed by atoms with van der Waals surface area (Å²) in [6.45, 7) is 4.00. The number of nitrogens with one attached hydrogen (secondary N) is 1. The lowest BCUT2D eigenvalue weighted by molar-refractivity contribution is 0.117. The second-order valence-electron chi connectivity index (χ2n) is 5.03. The summed E-state index contributed by atoms with van der Waals surface area (Å²) >= 11 is 0. The van der Waals surface area contributed by atoms with Crippen LogP contribution in [0.4, 0.5) is 0 Å². The van der Waals surface area contributed by atoms with Crippen LogP contribution in [0.25, 0.3) is 0 Å². The van der Waals surface area contributed by atoms with Gasteiger partial charge in [0.1, 0.15) is 6.61 Å². The average Bonchev–Trinajstić information content (AvgIpc) is 2.82. The third-order valence-corrected chi connectivity index (χ3v) is 4.98. The van der Waals surface area contributed by atoms with Gasteiger partial charge in [-0.2, -0.15) is 0 Å². The van der Waals surface area contributed by atoms with Gasteiger partial charge in [-0.25, -0.2) is 13.1 Å². The first-order valence-corrected chi connectivity index (χ1v) is 8.26. The summed E-state index contributed by atoms with van der Waals surface area (Å²) in [7, 11) is -3.56. The van der Waals surface area contributed by atoms with Crippen LogP contribution < -0.4 is 4.72 Å². The summed E-state index contributed by atoms with van der Waals surface area (Å²) in [6.07, 6.45) is 0.565. The Morgan fingerprint density at radius 3 is 2.81 bits per heavy atom. The van der Waals surface area contributed by atoms with E-state index in [9.17, 15) is 8.42 Å². The van der Waals surface area contributed by atoms with Gasteiger partial charge in [-0.15, -0.1) is 0 Å². The predicted molar refractivity (Wildman–Crippen MR) is 79.3 cm³/mol. The minimum atomic E-state index is -3.56. The van der Waals surface area contributed by atoms with Crippen LogP contribution in [0.2, 0.25) is 0 Å². The molecule has 0 saturated carbocycles. The van der Waals surface area contributed by atoms with Crippen molar-refractivity contribution in [2.45, 2.75) is 37.3 Å². The highest BCUT2D eigenvalue weighted by Crippen LogP contribution is 2.19. The lowest BCUT2D eigenvalue weighted by atomic mass is 10.1. The highest BCUT2D eigenvalue weighted by molar-refractivity contribution is 7.89. The number of hydrogen-bond acceptors (Lipinski definition) is 4. The van der Waals surface area contributed by atoms with Crippen LogP contribution >= 0.6 is 0 Å². The summed E-state index contributed by atoms with van der Waals surface area (Å²) in [5.41, 5.74) is 1.47. The Labute approximate surface area is 125 Å². The van der Waals surface area contributed by atoms with E-state index in [1.165, 1.54) is 6.07 Å². The van der Waals surface area contributed by atoms with Gasteiger partial charge in [0.05, 0.1) is 17.0 Å². The molecule has 1 aliphatic heterocycles. The molecule has 1 aromatic carbocycles. The van der Waals surface area contributed by atoms with Crippen molar-refractivity contribution in [3.05, 3.63) is 29.3 Å². The van der Waals surface area contributed by atoms with Crippen molar-refractivity contribution >= 4 is 10.0 Å². The van der Waals surface area contributed by atoms with Crippen molar-refractivity contribution in [2.75, 3.05) is 13.2 Å². The van der Waals surface area contributed by atoms with Crippen molar-refractivity contribution in [1.82, 2.24) is 4.72 Å². The molecule has 0 radical (unpaired) electrons. The van der Waals surface area contributed by atoms with E-state index in [-0.39, 0.29) is 23.6 Å². The molecule has 0 amide bonds. The van der Waals surface area contributed by atoms with Crippen LogP contribution in [0.5, 0.6) is 0 Å². The van der Waals surface area contributed by atoms with Crippen LogP contribution in [-0.2, 0) is 14.8 Å². The number of benzene rings is 1. The zero-order chi connectivity index (χ0) is 15.5. The molecule has 2 unspecified atom stereocenters. The Bertz CT molecular complexity index is 673. The normalized spacial score (nSPS) is 21.9. The maximum absolute atomic E-state index is 12.4. The van der Waals surface area contributed by atoms with Crippen LogP contribution in [-0.4, -0.2) is 38.9 Å². The van der Waals surface area contributed by atoms with E-state index in [2.05, 4.69) is 16.6 Å². The number of aryl methyl sites for hydroxylation is 1. The van der Waals surface area contributed by atoms with Crippen molar-refractivity contribution < 1.29 is 18.3 Å². The van der Waals surface area contributed by atoms with Crippen molar-refractivity contribution in [2.24, 2.45) is 0 Å². The second-order valence-corrected chi connectivity index (χ2v) is 6.74. The zero-order valence-corrected chi connectivity index (χ0v) is 12.9. The molecule has 5 nitrogen and oxygen atoms in total. The Hall–Kier alpha value is -1.39. The van der Waals surface area contributed by atoms with Gasteiger partial charge >= 0.3 is 0 Å². The van der Waals surface area contributed by atoms with Gasteiger partial charge in [0.25, 0.3) is 0 Å². The molecule has 1 aromatic rings. The van der Waals surface area contributed by atoms with Gasteiger partial charge in [-0.1, -0.05) is 11.8 Å². The Morgan fingerprint density at radius 2 is 2.24 bits per heavy atom. The van der Waals surface area contributed by atoms with Crippen molar-refractivity contribution in [1.29, 1.82) is 0 Å². The molecule has 0 aliphatic carbocycles. The molecule has 6 heteroatoms. The molecule has 21 heavy (non-hydrogen) atoms.